The summed E-state index contributed by atoms with van der Waals surface area (Å²) in [5, 5.41) is 11.6. The molecular formula is C11H15N5S. The summed E-state index contributed by atoms with van der Waals surface area (Å²) in [7, 11) is 1.93. The molecule has 1 unspecified atom stereocenters. The standard InChI is InChI=1S/C11H15N5S/c1-7(12-3)9-4-5-10(13-6-9)17-11-14-8(2)15-16-11/h4-7,12H,1-3H3,(H,14,15,16). The van der Waals surface area contributed by atoms with Gasteiger partial charge in [-0.15, -0.1) is 5.10 Å². The van der Waals surface area contributed by atoms with E-state index in [1.165, 1.54) is 17.3 Å². The van der Waals surface area contributed by atoms with Crippen molar-refractivity contribution in [3.8, 4) is 0 Å². The highest BCUT2D eigenvalue weighted by Crippen LogP contribution is 2.23. The summed E-state index contributed by atoms with van der Waals surface area (Å²) in [4.78, 5) is 8.60. The number of aryl methyl sites for hydroxylation is 1. The Kier molecular flexibility index (Phi) is 3.75. The van der Waals surface area contributed by atoms with Gasteiger partial charge in [-0.1, -0.05) is 6.07 Å². The van der Waals surface area contributed by atoms with Crippen LogP contribution in [0.1, 0.15) is 24.4 Å². The van der Waals surface area contributed by atoms with Crippen molar-refractivity contribution >= 4 is 11.8 Å². The molecule has 2 heterocycles. The molecule has 0 aliphatic rings. The van der Waals surface area contributed by atoms with Gasteiger partial charge in [-0.3, -0.25) is 5.10 Å². The van der Waals surface area contributed by atoms with Crippen LogP contribution in [0.2, 0.25) is 0 Å². The van der Waals surface area contributed by atoms with Gasteiger partial charge in [0, 0.05) is 12.2 Å². The first-order valence-corrected chi connectivity index (χ1v) is 6.21. The minimum absolute atomic E-state index is 0.312. The fourth-order valence-corrected chi connectivity index (χ4v) is 2.04. The van der Waals surface area contributed by atoms with Crippen LogP contribution in [-0.2, 0) is 0 Å². The molecule has 2 N–H and O–H groups in total. The molecule has 90 valence electrons. The van der Waals surface area contributed by atoms with Crippen LogP contribution in [0.15, 0.2) is 28.5 Å². The van der Waals surface area contributed by atoms with Gasteiger partial charge < -0.3 is 5.32 Å². The Hall–Kier alpha value is -1.40. The van der Waals surface area contributed by atoms with Crippen LogP contribution < -0.4 is 5.32 Å². The first-order valence-electron chi connectivity index (χ1n) is 5.39. The van der Waals surface area contributed by atoms with Crippen molar-refractivity contribution < 1.29 is 0 Å². The summed E-state index contributed by atoms with van der Waals surface area (Å²) in [6, 6.07) is 4.36. The normalized spacial score (nSPS) is 12.6. The van der Waals surface area contributed by atoms with Crippen LogP contribution in [0.25, 0.3) is 0 Å². The van der Waals surface area contributed by atoms with Gasteiger partial charge in [0.25, 0.3) is 0 Å². The Labute approximate surface area is 104 Å². The Bertz CT molecular complexity index is 479. The maximum atomic E-state index is 4.38. The summed E-state index contributed by atoms with van der Waals surface area (Å²) >= 11 is 1.45. The molecule has 0 saturated carbocycles. The average molecular weight is 249 g/mol. The van der Waals surface area contributed by atoms with Crippen molar-refractivity contribution in [3.05, 3.63) is 29.7 Å². The topological polar surface area (TPSA) is 66.5 Å². The van der Waals surface area contributed by atoms with Gasteiger partial charge in [0.1, 0.15) is 10.9 Å². The van der Waals surface area contributed by atoms with Crippen molar-refractivity contribution in [2.75, 3.05) is 7.05 Å². The molecule has 2 aromatic heterocycles. The summed E-state index contributed by atoms with van der Waals surface area (Å²) in [5.41, 5.74) is 1.17. The molecule has 0 spiro atoms. The van der Waals surface area contributed by atoms with Gasteiger partial charge in [-0.05, 0) is 44.3 Å². The lowest BCUT2D eigenvalue weighted by molar-refractivity contribution is 0.648. The smallest absolute Gasteiger partial charge is 0.214 e. The van der Waals surface area contributed by atoms with E-state index in [1.807, 2.05) is 26.2 Å². The number of hydrogen-bond acceptors (Lipinski definition) is 5. The van der Waals surface area contributed by atoms with E-state index in [1.54, 1.807) is 0 Å². The molecule has 0 amide bonds. The molecule has 2 aromatic rings. The number of pyridine rings is 1. The predicted octanol–water partition coefficient (Wildman–Crippen LogP) is 1.94. The van der Waals surface area contributed by atoms with Gasteiger partial charge in [-0.2, -0.15) is 0 Å². The van der Waals surface area contributed by atoms with E-state index in [2.05, 4.69) is 38.5 Å². The first kappa shape index (κ1) is 12.1. The Morgan fingerprint density at radius 3 is 2.76 bits per heavy atom. The third kappa shape index (κ3) is 3.04. The van der Waals surface area contributed by atoms with Gasteiger partial charge >= 0.3 is 0 Å². The molecule has 0 radical (unpaired) electrons. The number of H-pyrrole nitrogens is 1. The summed E-state index contributed by atoms with van der Waals surface area (Å²) in [5.74, 6) is 0.813. The van der Waals surface area contributed by atoms with Gasteiger partial charge in [0.05, 0.1) is 0 Å². The van der Waals surface area contributed by atoms with Crippen LogP contribution >= 0.6 is 11.8 Å². The van der Waals surface area contributed by atoms with Crippen molar-refractivity contribution in [1.29, 1.82) is 0 Å². The average Bonchev–Trinajstić information content (AvgIpc) is 2.75. The molecule has 1 atom stereocenters. The lowest BCUT2D eigenvalue weighted by Gasteiger charge is -2.09. The van der Waals surface area contributed by atoms with E-state index in [9.17, 15) is 0 Å². The third-order valence-electron chi connectivity index (χ3n) is 2.46. The van der Waals surface area contributed by atoms with Crippen molar-refractivity contribution in [1.82, 2.24) is 25.5 Å². The summed E-state index contributed by atoms with van der Waals surface area (Å²) in [6.07, 6.45) is 1.88. The lowest BCUT2D eigenvalue weighted by Crippen LogP contribution is -2.12. The minimum Gasteiger partial charge on any atom is -0.313 e. The van der Waals surface area contributed by atoms with Crippen LogP contribution in [0, 0.1) is 6.92 Å². The highest BCUT2D eigenvalue weighted by Gasteiger charge is 2.06. The fraction of sp³-hybridized carbons (Fsp3) is 0.364. The van der Waals surface area contributed by atoms with E-state index in [-0.39, 0.29) is 0 Å². The summed E-state index contributed by atoms with van der Waals surface area (Å²) in [6.45, 7) is 3.98. The van der Waals surface area contributed by atoms with Crippen molar-refractivity contribution in [3.63, 3.8) is 0 Å². The first-order chi connectivity index (χ1) is 8.19. The molecular weight excluding hydrogens is 234 g/mol. The highest BCUT2D eigenvalue weighted by molar-refractivity contribution is 7.99. The second-order valence-corrected chi connectivity index (χ2v) is 4.73. The van der Waals surface area contributed by atoms with Crippen LogP contribution in [0.4, 0.5) is 0 Å². The quantitative estimate of drug-likeness (QED) is 0.866. The van der Waals surface area contributed by atoms with E-state index in [4.69, 9.17) is 0 Å². The Morgan fingerprint density at radius 2 is 2.24 bits per heavy atom. The van der Waals surface area contributed by atoms with E-state index < -0.39 is 0 Å². The third-order valence-corrected chi connectivity index (χ3v) is 3.28. The monoisotopic (exact) mass is 249 g/mol. The van der Waals surface area contributed by atoms with Gasteiger partial charge in [0.15, 0.2) is 0 Å². The van der Waals surface area contributed by atoms with Crippen LogP contribution in [0.5, 0.6) is 0 Å². The van der Waals surface area contributed by atoms with Crippen molar-refractivity contribution in [2.24, 2.45) is 0 Å². The van der Waals surface area contributed by atoms with E-state index in [0.717, 1.165) is 10.9 Å². The van der Waals surface area contributed by atoms with E-state index in [0.29, 0.717) is 11.2 Å². The second-order valence-electron chi connectivity index (χ2n) is 3.75. The van der Waals surface area contributed by atoms with Crippen LogP contribution in [0.3, 0.4) is 0 Å². The largest absolute Gasteiger partial charge is 0.313 e. The number of rotatable bonds is 4. The Balaban J connectivity index is 2.08. The molecule has 0 aromatic carbocycles. The zero-order chi connectivity index (χ0) is 12.3. The minimum atomic E-state index is 0.312. The van der Waals surface area contributed by atoms with Crippen LogP contribution in [-0.4, -0.2) is 27.2 Å². The molecule has 17 heavy (non-hydrogen) atoms. The summed E-state index contributed by atoms with van der Waals surface area (Å²) < 4.78 is 0. The zero-order valence-electron chi connectivity index (χ0n) is 10.1. The highest BCUT2D eigenvalue weighted by atomic mass is 32.2. The molecule has 0 aliphatic carbocycles. The number of aromatic amines is 1. The number of nitrogens with one attached hydrogen (secondary N) is 2. The number of nitrogens with zero attached hydrogens (tertiary/aromatic N) is 3. The maximum absolute atomic E-state index is 4.38. The molecule has 0 bridgehead atoms. The molecule has 0 aliphatic heterocycles. The molecule has 0 fully saturated rings. The number of aromatic nitrogens is 4. The fourth-order valence-electron chi connectivity index (χ4n) is 1.34. The second kappa shape index (κ2) is 5.29. The zero-order valence-corrected chi connectivity index (χ0v) is 10.9. The van der Waals surface area contributed by atoms with Gasteiger partial charge in [0.2, 0.25) is 5.16 Å². The molecule has 5 nitrogen and oxygen atoms in total. The maximum Gasteiger partial charge on any atom is 0.214 e. The lowest BCUT2D eigenvalue weighted by atomic mass is 10.1. The van der Waals surface area contributed by atoms with Gasteiger partial charge in [-0.25, -0.2) is 9.97 Å². The number of hydrogen-bond donors (Lipinski definition) is 2. The molecule has 2 rings (SSSR count). The Morgan fingerprint density at radius 1 is 1.41 bits per heavy atom. The SMILES string of the molecule is CNC(C)c1ccc(Sc2n[nH]c(C)n2)nc1. The predicted molar refractivity (Wildman–Crippen MR) is 67.0 cm³/mol. The van der Waals surface area contributed by atoms with E-state index >= 15 is 0 Å². The molecule has 0 saturated heterocycles. The molecule has 6 heteroatoms. The van der Waals surface area contributed by atoms with Crippen molar-refractivity contribution in [2.45, 2.75) is 30.1 Å².